The minimum Gasteiger partial charge on any atom is -0.429 e. The molecule has 0 radical (unpaired) electrons. The monoisotopic (exact) mass is 476 g/mol. The summed E-state index contributed by atoms with van der Waals surface area (Å²) in [4.78, 5) is 24.7. The lowest BCUT2D eigenvalue weighted by Gasteiger charge is -2.18. The number of unbranched alkanes of at least 4 members (excludes halogenated alkanes) is 12. The molecule has 1 aliphatic rings. The number of carbonyl (C=O) groups excluding carboxylic acids is 2. The highest BCUT2D eigenvalue weighted by Gasteiger charge is 2.28. The highest BCUT2D eigenvalue weighted by Crippen LogP contribution is 2.23. The van der Waals surface area contributed by atoms with E-state index in [0.717, 1.165) is 25.7 Å². The van der Waals surface area contributed by atoms with Crippen LogP contribution in [0.5, 0.6) is 5.75 Å². The molecule has 1 heterocycles. The lowest BCUT2D eigenvalue weighted by molar-refractivity contribution is -0.135. The second-order valence-corrected chi connectivity index (χ2v) is 9.31. The van der Waals surface area contributed by atoms with Crippen molar-refractivity contribution >= 4 is 11.9 Å². The number of hydrogen-bond acceptors (Lipinski definition) is 6. The Kier molecular flexibility index (Phi) is 14.6. The summed E-state index contributed by atoms with van der Waals surface area (Å²) in [6.07, 6.45) is 16.2. The third kappa shape index (κ3) is 11.5. The molecule has 0 aromatic heterocycles. The van der Waals surface area contributed by atoms with Crippen LogP contribution in [0.1, 0.15) is 120 Å². The number of benzene rings is 1. The van der Waals surface area contributed by atoms with Crippen LogP contribution in [-0.4, -0.2) is 36.0 Å². The van der Waals surface area contributed by atoms with Crippen molar-refractivity contribution in [3.8, 4) is 5.75 Å². The van der Waals surface area contributed by atoms with Crippen molar-refractivity contribution in [1.82, 2.24) is 0 Å². The molecule has 1 saturated heterocycles. The van der Waals surface area contributed by atoms with Gasteiger partial charge in [0, 0.05) is 13.0 Å². The smallest absolute Gasteiger partial charge is 0.344 e. The molecule has 2 rings (SSSR count). The summed E-state index contributed by atoms with van der Waals surface area (Å²) in [6, 6.07) is 6.45. The molecule has 1 fully saturated rings. The Morgan fingerprint density at radius 1 is 0.941 bits per heavy atom. The van der Waals surface area contributed by atoms with Gasteiger partial charge in [0.2, 0.25) is 6.29 Å². The highest BCUT2D eigenvalue weighted by molar-refractivity contribution is 5.93. The molecule has 0 bridgehead atoms. The van der Waals surface area contributed by atoms with Gasteiger partial charge in [-0.3, -0.25) is 4.79 Å². The second kappa shape index (κ2) is 17.5. The van der Waals surface area contributed by atoms with E-state index in [1.807, 2.05) is 0 Å². The van der Waals surface area contributed by atoms with Crippen molar-refractivity contribution in [2.75, 3.05) is 6.61 Å². The Balaban J connectivity index is 1.57. The minimum atomic E-state index is -1.33. The lowest BCUT2D eigenvalue weighted by atomic mass is 10.0. The van der Waals surface area contributed by atoms with Crippen molar-refractivity contribution in [2.24, 2.45) is 0 Å². The minimum absolute atomic E-state index is 0.123. The maximum absolute atomic E-state index is 12.5. The summed E-state index contributed by atoms with van der Waals surface area (Å²) >= 11 is 0. The van der Waals surface area contributed by atoms with Crippen molar-refractivity contribution in [3.63, 3.8) is 0 Å². The number of aliphatic hydroxyl groups excluding tert-OH is 1. The van der Waals surface area contributed by atoms with Gasteiger partial charge in [-0.25, -0.2) is 4.79 Å². The Hall–Kier alpha value is -1.92. The Bertz CT molecular complexity index is 698. The number of hydrogen-bond donors (Lipinski definition) is 1. The average molecular weight is 477 g/mol. The van der Waals surface area contributed by atoms with Gasteiger partial charge in [-0.2, -0.15) is 0 Å². The standard InChI is InChI=1S/C28H44O6/c1-2-3-4-5-6-7-8-9-10-11-12-13-14-21-26(29)33-24-19-16-15-18-23(24)27(30)34-28(31)25-20-17-22-32-25/h15-16,18-19,25,28,31H,2-14,17,20-22H2,1H3. The zero-order chi connectivity index (χ0) is 24.4. The van der Waals surface area contributed by atoms with Crippen LogP contribution in [0.2, 0.25) is 0 Å². The summed E-state index contributed by atoms with van der Waals surface area (Å²) in [5, 5.41) is 10.1. The SMILES string of the molecule is CCCCCCCCCCCCCCCC(=O)Oc1ccccc1C(=O)OC(O)C1CCCO1. The predicted octanol–water partition coefficient (Wildman–Crippen LogP) is 6.73. The van der Waals surface area contributed by atoms with E-state index in [4.69, 9.17) is 14.2 Å². The quantitative estimate of drug-likeness (QED) is 0.109. The largest absolute Gasteiger partial charge is 0.429 e. The summed E-state index contributed by atoms with van der Waals surface area (Å²) in [6.45, 7) is 2.80. The molecule has 0 amide bonds. The van der Waals surface area contributed by atoms with E-state index < -0.39 is 18.4 Å². The van der Waals surface area contributed by atoms with Crippen LogP contribution in [0, 0.1) is 0 Å². The molecule has 0 spiro atoms. The molecule has 0 aliphatic carbocycles. The fraction of sp³-hybridized carbons (Fsp3) is 0.714. The van der Waals surface area contributed by atoms with E-state index in [0.29, 0.717) is 19.4 Å². The number of para-hydroxylation sites is 1. The Morgan fingerprint density at radius 2 is 1.53 bits per heavy atom. The molecule has 1 aromatic carbocycles. The van der Waals surface area contributed by atoms with Gasteiger partial charge in [0.05, 0.1) is 0 Å². The van der Waals surface area contributed by atoms with Crippen LogP contribution in [0.4, 0.5) is 0 Å². The molecule has 6 nitrogen and oxygen atoms in total. The van der Waals surface area contributed by atoms with E-state index in [2.05, 4.69) is 6.92 Å². The topological polar surface area (TPSA) is 82.1 Å². The van der Waals surface area contributed by atoms with Gasteiger partial charge in [0.25, 0.3) is 0 Å². The number of esters is 2. The second-order valence-electron chi connectivity index (χ2n) is 9.31. The summed E-state index contributed by atoms with van der Waals surface area (Å²) in [5.41, 5.74) is 0.123. The third-order valence-corrected chi connectivity index (χ3v) is 6.33. The van der Waals surface area contributed by atoms with Gasteiger partial charge >= 0.3 is 11.9 Å². The molecule has 1 aromatic rings. The Morgan fingerprint density at radius 3 is 2.12 bits per heavy atom. The van der Waals surface area contributed by atoms with Crippen molar-refractivity contribution in [3.05, 3.63) is 29.8 Å². The molecule has 34 heavy (non-hydrogen) atoms. The van der Waals surface area contributed by atoms with Gasteiger partial charge < -0.3 is 19.3 Å². The summed E-state index contributed by atoms with van der Waals surface area (Å²) < 4.78 is 15.9. The lowest BCUT2D eigenvalue weighted by Crippen LogP contribution is -2.30. The zero-order valence-corrected chi connectivity index (χ0v) is 21.0. The number of aliphatic hydroxyl groups is 1. The normalized spacial score (nSPS) is 16.4. The van der Waals surface area contributed by atoms with E-state index in [-0.39, 0.29) is 17.3 Å². The van der Waals surface area contributed by atoms with E-state index in [1.54, 1.807) is 18.2 Å². The number of rotatable bonds is 18. The maximum Gasteiger partial charge on any atom is 0.344 e. The van der Waals surface area contributed by atoms with E-state index in [9.17, 15) is 14.7 Å². The van der Waals surface area contributed by atoms with Crippen molar-refractivity contribution in [1.29, 1.82) is 0 Å². The van der Waals surface area contributed by atoms with E-state index in [1.165, 1.54) is 70.3 Å². The average Bonchev–Trinajstić information content (AvgIpc) is 3.37. The Labute approximate surface area is 205 Å². The zero-order valence-electron chi connectivity index (χ0n) is 21.0. The maximum atomic E-state index is 12.5. The molecule has 2 atom stereocenters. The molecule has 1 aliphatic heterocycles. The van der Waals surface area contributed by atoms with Crippen molar-refractivity contribution in [2.45, 2.75) is 122 Å². The first-order chi connectivity index (χ1) is 16.6. The van der Waals surface area contributed by atoms with Crippen LogP contribution in [-0.2, 0) is 14.3 Å². The fourth-order valence-electron chi connectivity index (χ4n) is 4.26. The van der Waals surface area contributed by atoms with Crippen LogP contribution in [0.25, 0.3) is 0 Å². The van der Waals surface area contributed by atoms with Gasteiger partial charge in [0.15, 0.2) is 0 Å². The first-order valence-corrected chi connectivity index (χ1v) is 13.4. The third-order valence-electron chi connectivity index (χ3n) is 6.33. The fourth-order valence-corrected chi connectivity index (χ4v) is 4.26. The van der Waals surface area contributed by atoms with Gasteiger partial charge in [-0.05, 0) is 31.4 Å². The van der Waals surface area contributed by atoms with E-state index >= 15 is 0 Å². The first-order valence-electron chi connectivity index (χ1n) is 13.4. The molecule has 192 valence electrons. The molecule has 1 N–H and O–H groups in total. The van der Waals surface area contributed by atoms with Crippen molar-refractivity contribution < 1.29 is 28.9 Å². The van der Waals surface area contributed by atoms with Crippen LogP contribution in [0.15, 0.2) is 24.3 Å². The molecule has 6 heteroatoms. The van der Waals surface area contributed by atoms with Gasteiger partial charge in [-0.15, -0.1) is 0 Å². The van der Waals surface area contributed by atoms with Crippen LogP contribution < -0.4 is 4.74 Å². The van der Waals surface area contributed by atoms with Crippen LogP contribution in [0.3, 0.4) is 0 Å². The van der Waals surface area contributed by atoms with Crippen LogP contribution >= 0.6 is 0 Å². The molecule has 0 saturated carbocycles. The van der Waals surface area contributed by atoms with Gasteiger partial charge in [0.1, 0.15) is 17.4 Å². The molecule has 2 unspecified atom stereocenters. The highest BCUT2D eigenvalue weighted by atomic mass is 16.7. The number of carbonyl (C=O) groups is 2. The summed E-state index contributed by atoms with van der Waals surface area (Å²) in [7, 11) is 0. The first kappa shape index (κ1) is 28.3. The predicted molar refractivity (Wildman–Crippen MR) is 133 cm³/mol. The van der Waals surface area contributed by atoms with Gasteiger partial charge in [-0.1, -0.05) is 96.1 Å². The summed E-state index contributed by atoms with van der Waals surface area (Å²) in [5.74, 6) is -0.929. The molecular weight excluding hydrogens is 432 g/mol. The molecular formula is C28H44O6. The number of ether oxygens (including phenoxy) is 3.